The molecule has 0 bridgehead atoms. The third-order valence-electron chi connectivity index (χ3n) is 1.88. The van der Waals surface area contributed by atoms with E-state index in [2.05, 4.69) is 15.0 Å². The highest BCUT2D eigenvalue weighted by Gasteiger charge is 2.13. The number of carboxylic acid groups (broad SMARTS) is 1. The smallest absolute Gasteiger partial charge is 0.338 e. The van der Waals surface area contributed by atoms with Gasteiger partial charge in [0.05, 0.1) is 12.2 Å². The summed E-state index contributed by atoms with van der Waals surface area (Å²) in [6.07, 6.45) is 1.41. The summed E-state index contributed by atoms with van der Waals surface area (Å²) in [5.41, 5.74) is 0.866. The van der Waals surface area contributed by atoms with E-state index in [-0.39, 0.29) is 11.6 Å². The van der Waals surface area contributed by atoms with Gasteiger partial charge in [0.25, 0.3) is 6.01 Å². The normalized spacial score (nSPS) is 10.5. The molecular weight excluding hydrogens is 198 g/mol. The minimum absolute atomic E-state index is 0.137. The summed E-state index contributed by atoms with van der Waals surface area (Å²) in [4.78, 5) is 21.6. The monoisotopic (exact) mass is 207 g/mol. The molecule has 0 atom stereocenters. The van der Waals surface area contributed by atoms with E-state index in [0.29, 0.717) is 17.8 Å². The maximum Gasteiger partial charge on any atom is 0.338 e. The number of carbonyl (C=O) groups is 1. The van der Waals surface area contributed by atoms with Gasteiger partial charge in [-0.25, -0.2) is 9.78 Å². The number of rotatable bonds is 3. The third kappa shape index (κ3) is 1.61. The van der Waals surface area contributed by atoms with Crippen molar-refractivity contribution in [2.75, 3.05) is 6.61 Å². The fourth-order valence-electron chi connectivity index (χ4n) is 1.27. The van der Waals surface area contributed by atoms with Crippen LogP contribution in [0.4, 0.5) is 0 Å². The van der Waals surface area contributed by atoms with Crippen LogP contribution in [0.1, 0.15) is 17.3 Å². The molecule has 2 rings (SSSR count). The van der Waals surface area contributed by atoms with E-state index < -0.39 is 5.97 Å². The fourth-order valence-corrected chi connectivity index (χ4v) is 1.27. The van der Waals surface area contributed by atoms with E-state index in [9.17, 15) is 4.79 Å². The van der Waals surface area contributed by atoms with Crippen LogP contribution in [0.25, 0.3) is 11.2 Å². The zero-order chi connectivity index (χ0) is 10.8. The first-order valence-corrected chi connectivity index (χ1v) is 4.43. The van der Waals surface area contributed by atoms with Crippen LogP contribution in [-0.2, 0) is 0 Å². The number of aromatic amines is 1. The molecule has 2 aromatic heterocycles. The molecule has 2 aromatic rings. The molecule has 6 nitrogen and oxygen atoms in total. The Labute approximate surface area is 84.9 Å². The first-order chi connectivity index (χ1) is 7.22. The van der Waals surface area contributed by atoms with Crippen LogP contribution >= 0.6 is 0 Å². The Hall–Kier alpha value is -2.11. The average molecular weight is 207 g/mol. The van der Waals surface area contributed by atoms with Gasteiger partial charge < -0.3 is 14.8 Å². The topological polar surface area (TPSA) is 88.1 Å². The van der Waals surface area contributed by atoms with E-state index in [1.54, 1.807) is 0 Å². The van der Waals surface area contributed by atoms with Gasteiger partial charge in [-0.2, -0.15) is 4.98 Å². The van der Waals surface area contributed by atoms with Gasteiger partial charge >= 0.3 is 5.97 Å². The number of fused-ring (bicyclic) bond motifs is 1. The number of nitrogens with one attached hydrogen (secondary N) is 1. The highest BCUT2D eigenvalue weighted by atomic mass is 16.5. The van der Waals surface area contributed by atoms with Gasteiger partial charge in [0.15, 0.2) is 5.65 Å². The Morgan fingerprint density at radius 1 is 1.67 bits per heavy atom. The van der Waals surface area contributed by atoms with Crippen LogP contribution in [0.15, 0.2) is 12.3 Å². The maximum atomic E-state index is 10.9. The van der Waals surface area contributed by atoms with Gasteiger partial charge in [-0.05, 0) is 13.0 Å². The summed E-state index contributed by atoms with van der Waals surface area (Å²) in [6, 6.07) is 1.70. The van der Waals surface area contributed by atoms with Crippen LogP contribution in [0.3, 0.4) is 0 Å². The zero-order valence-corrected chi connectivity index (χ0v) is 8.02. The van der Waals surface area contributed by atoms with E-state index >= 15 is 0 Å². The van der Waals surface area contributed by atoms with E-state index in [0.717, 1.165) is 0 Å². The number of ether oxygens (including phenoxy) is 1. The van der Waals surface area contributed by atoms with Crippen molar-refractivity contribution in [2.45, 2.75) is 6.92 Å². The number of aromatic nitrogens is 3. The van der Waals surface area contributed by atoms with Crippen molar-refractivity contribution in [1.29, 1.82) is 0 Å². The molecule has 0 unspecified atom stereocenters. The summed E-state index contributed by atoms with van der Waals surface area (Å²) in [7, 11) is 0. The van der Waals surface area contributed by atoms with Gasteiger partial charge in [0, 0.05) is 6.20 Å². The highest BCUT2D eigenvalue weighted by Crippen LogP contribution is 2.17. The number of carboxylic acids is 1. The van der Waals surface area contributed by atoms with Crippen molar-refractivity contribution in [3.63, 3.8) is 0 Å². The summed E-state index contributed by atoms with van der Waals surface area (Å²) in [5, 5.41) is 8.91. The number of hydrogen-bond donors (Lipinski definition) is 2. The minimum atomic E-state index is -1.02. The van der Waals surface area contributed by atoms with Gasteiger partial charge in [0.2, 0.25) is 0 Å². The maximum absolute atomic E-state index is 10.9. The molecule has 0 aliphatic rings. The second-order valence-corrected chi connectivity index (χ2v) is 2.84. The first-order valence-electron chi connectivity index (χ1n) is 4.43. The molecule has 0 aliphatic carbocycles. The molecule has 6 heteroatoms. The quantitative estimate of drug-likeness (QED) is 0.785. The van der Waals surface area contributed by atoms with Crippen LogP contribution < -0.4 is 4.74 Å². The van der Waals surface area contributed by atoms with E-state index in [1.807, 2.05) is 6.92 Å². The van der Waals surface area contributed by atoms with E-state index in [1.165, 1.54) is 12.3 Å². The summed E-state index contributed by atoms with van der Waals surface area (Å²) < 4.78 is 5.13. The molecule has 2 heterocycles. The van der Waals surface area contributed by atoms with Crippen LogP contribution in [-0.4, -0.2) is 32.6 Å². The summed E-state index contributed by atoms with van der Waals surface area (Å²) in [5.74, 6) is -1.02. The minimum Gasteiger partial charge on any atom is -0.478 e. The number of imidazole rings is 1. The second-order valence-electron chi connectivity index (χ2n) is 2.84. The molecule has 0 aromatic carbocycles. The molecular formula is C9H9N3O3. The Morgan fingerprint density at radius 2 is 2.47 bits per heavy atom. The molecule has 0 saturated carbocycles. The number of hydrogen-bond acceptors (Lipinski definition) is 4. The largest absolute Gasteiger partial charge is 0.478 e. The summed E-state index contributed by atoms with van der Waals surface area (Å²) in [6.45, 7) is 2.28. The molecule has 15 heavy (non-hydrogen) atoms. The highest BCUT2D eigenvalue weighted by molar-refractivity contribution is 5.99. The predicted octanol–water partition coefficient (Wildman–Crippen LogP) is 1.05. The van der Waals surface area contributed by atoms with E-state index in [4.69, 9.17) is 9.84 Å². The number of nitrogens with zero attached hydrogens (tertiary/aromatic N) is 2. The van der Waals surface area contributed by atoms with Crippen molar-refractivity contribution < 1.29 is 14.6 Å². The molecule has 0 spiro atoms. The second kappa shape index (κ2) is 3.56. The van der Waals surface area contributed by atoms with Crippen LogP contribution in [0.5, 0.6) is 6.01 Å². The molecule has 0 saturated heterocycles. The van der Waals surface area contributed by atoms with Crippen molar-refractivity contribution in [3.05, 3.63) is 17.8 Å². The van der Waals surface area contributed by atoms with Crippen molar-refractivity contribution in [2.24, 2.45) is 0 Å². The number of H-pyrrole nitrogens is 1. The van der Waals surface area contributed by atoms with Gasteiger partial charge in [-0.3, -0.25) is 0 Å². The Morgan fingerprint density at radius 3 is 3.13 bits per heavy atom. The van der Waals surface area contributed by atoms with Gasteiger partial charge in [-0.15, -0.1) is 0 Å². The van der Waals surface area contributed by atoms with Gasteiger partial charge in [-0.1, -0.05) is 0 Å². The molecule has 78 valence electrons. The Bertz CT molecular complexity index is 506. The first kappa shape index (κ1) is 9.45. The SMILES string of the molecule is CCOc1nc2nccc(C(=O)O)c2[nH]1. The standard InChI is InChI=1S/C9H9N3O3/c1-2-15-9-11-6-5(8(13)14)3-4-10-7(6)12-9/h3-4H,2H2,1H3,(H,13,14)(H,10,11,12). The zero-order valence-electron chi connectivity index (χ0n) is 8.02. The molecule has 0 amide bonds. The lowest BCUT2D eigenvalue weighted by atomic mass is 10.2. The lowest BCUT2D eigenvalue weighted by Gasteiger charge is -1.94. The fraction of sp³-hybridized carbons (Fsp3) is 0.222. The number of aromatic carboxylic acids is 1. The molecule has 0 radical (unpaired) electrons. The third-order valence-corrected chi connectivity index (χ3v) is 1.88. The molecule has 0 aliphatic heterocycles. The molecule has 0 fully saturated rings. The van der Waals surface area contributed by atoms with Crippen molar-refractivity contribution in [3.8, 4) is 6.01 Å². The average Bonchev–Trinajstić information content (AvgIpc) is 2.59. The predicted molar refractivity (Wildman–Crippen MR) is 52.0 cm³/mol. The Kier molecular flexibility index (Phi) is 2.24. The summed E-state index contributed by atoms with van der Waals surface area (Å²) >= 11 is 0. The number of pyridine rings is 1. The van der Waals surface area contributed by atoms with Gasteiger partial charge in [0.1, 0.15) is 5.52 Å². The van der Waals surface area contributed by atoms with Crippen molar-refractivity contribution in [1.82, 2.24) is 15.0 Å². The van der Waals surface area contributed by atoms with Crippen LogP contribution in [0.2, 0.25) is 0 Å². The molecule has 2 N–H and O–H groups in total. The lowest BCUT2D eigenvalue weighted by Crippen LogP contribution is -1.97. The Balaban J connectivity index is 2.59. The lowest BCUT2D eigenvalue weighted by molar-refractivity contribution is 0.0699. The van der Waals surface area contributed by atoms with Crippen LogP contribution in [0, 0.1) is 0 Å². The van der Waals surface area contributed by atoms with Crippen molar-refractivity contribution >= 4 is 17.1 Å².